The summed E-state index contributed by atoms with van der Waals surface area (Å²) >= 11 is 1.43. The molecule has 1 N–H and O–H groups in total. The number of carbonyl (C=O) groups excluding carboxylic acids is 1. The molecule has 1 amide bonds. The van der Waals surface area contributed by atoms with Gasteiger partial charge in [-0.1, -0.05) is 12.1 Å². The van der Waals surface area contributed by atoms with Gasteiger partial charge in [0.05, 0.1) is 11.4 Å². The topological polar surface area (TPSA) is 46.9 Å². The molecule has 0 radical (unpaired) electrons. The van der Waals surface area contributed by atoms with Crippen molar-refractivity contribution >= 4 is 17.7 Å². The zero-order valence-electron chi connectivity index (χ0n) is 11.7. The van der Waals surface area contributed by atoms with Gasteiger partial charge in [0.1, 0.15) is 0 Å². The molecule has 0 fully saturated rings. The Kier molecular flexibility index (Phi) is 5.12. The molecule has 0 aliphatic carbocycles. The molecule has 1 aromatic heterocycles. The van der Waals surface area contributed by atoms with Gasteiger partial charge in [-0.25, -0.2) is 4.68 Å². The van der Waals surface area contributed by atoms with Crippen molar-refractivity contribution in [3.8, 4) is 5.69 Å². The molecule has 0 unspecified atom stereocenters. The van der Waals surface area contributed by atoms with Crippen molar-refractivity contribution in [2.75, 3.05) is 12.0 Å². The van der Waals surface area contributed by atoms with Gasteiger partial charge in [0.2, 0.25) is 5.91 Å². The highest BCUT2D eigenvalue weighted by atomic mass is 32.2. The molecule has 2 rings (SSSR count). The van der Waals surface area contributed by atoms with Crippen LogP contribution < -0.4 is 5.32 Å². The highest BCUT2D eigenvalue weighted by molar-refractivity contribution is 7.99. The lowest BCUT2D eigenvalue weighted by molar-refractivity contribution is -0.141. The average molecular weight is 329 g/mol. The summed E-state index contributed by atoms with van der Waals surface area (Å²) in [7, 11) is 0. The van der Waals surface area contributed by atoms with E-state index in [-0.39, 0.29) is 5.91 Å². The fraction of sp³-hybridized carbons (Fsp3) is 0.286. The van der Waals surface area contributed by atoms with Gasteiger partial charge in [-0.3, -0.25) is 4.79 Å². The Bertz CT molecular complexity index is 638. The molecule has 1 aromatic carbocycles. The number of hydrogen-bond donors (Lipinski definition) is 1. The van der Waals surface area contributed by atoms with E-state index in [4.69, 9.17) is 0 Å². The van der Waals surface area contributed by atoms with E-state index in [2.05, 4.69) is 10.4 Å². The van der Waals surface area contributed by atoms with Gasteiger partial charge in [0.15, 0.2) is 5.69 Å². The minimum Gasteiger partial charge on any atom is -0.351 e. The molecule has 0 saturated heterocycles. The Morgan fingerprint density at radius 3 is 2.50 bits per heavy atom. The number of alkyl halides is 3. The molecule has 0 spiro atoms. The Morgan fingerprint density at radius 1 is 1.27 bits per heavy atom. The average Bonchev–Trinajstić information content (AvgIpc) is 2.96. The lowest BCUT2D eigenvalue weighted by atomic mass is 10.2. The number of nitrogens with zero attached hydrogens (tertiary/aromatic N) is 2. The highest BCUT2D eigenvalue weighted by Crippen LogP contribution is 2.27. The van der Waals surface area contributed by atoms with Crippen LogP contribution in [0.2, 0.25) is 0 Å². The van der Waals surface area contributed by atoms with E-state index >= 15 is 0 Å². The monoisotopic (exact) mass is 329 g/mol. The van der Waals surface area contributed by atoms with Crippen LogP contribution in [0.25, 0.3) is 5.69 Å². The summed E-state index contributed by atoms with van der Waals surface area (Å²) in [6.45, 7) is 0.382. The summed E-state index contributed by atoms with van der Waals surface area (Å²) in [5.41, 5.74) is 0.456. The molecule has 0 aliphatic heterocycles. The molecule has 1 heterocycles. The van der Waals surface area contributed by atoms with Crippen LogP contribution in [-0.2, 0) is 17.5 Å². The first-order valence-electron chi connectivity index (χ1n) is 6.38. The summed E-state index contributed by atoms with van der Waals surface area (Å²) in [6.07, 6.45) is -1.35. The van der Waals surface area contributed by atoms with E-state index < -0.39 is 11.9 Å². The molecule has 8 heteroatoms. The second kappa shape index (κ2) is 6.87. The molecule has 0 bridgehead atoms. The maximum Gasteiger partial charge on any atom is 0.435 e. The van der Waals surface area contributed by atoms with Gasteiger partial charge in [-0.2, -0.15) is 30.0 Å². The van der Waals surface area contributed by atoms with Crippen molar-refractivity contribution in [2.45, 2.75) is 12.7 Å². The second-order valence-electron chi connectivity index (χ2n) is 4.52. The van der Waals surface area contributed by atoms with E-state index in [0.29, 0.717) is 18.0 Å². The summed E-state index contributed by atoms with van der Waals surface area (Å²) in [4.78, 5) is 11.3. The number of thioether (sulfide) groups is 1. The second-order valence-corrected chi connectivity index (χ2v) is 5.39. The van der Waals surface area contributed by atoms with E-state index in [1.165, 1.54) is 22.6 Å². The molecule has 118 valence electrons. The Hall–Kier alpha value is -1.96. The summed E-state index contributed by atoms with van der Waals surface area (Å²) in [5, 5.41) is 6.25. The zero-order chi connectivity index (χ0) is 16.2. The Morgan fingerprint density at radius 2 is 1.95 bits per heavy atom. The van der Waals surface area contributed by atoms with Crippen LogP contribution in [0.15, 0.2) is 36.5 Å². The third-order valence-electron chi connectivity index (χ3n) is 2.85. The number of aromatic nitrogens is 2. The van der Waals surface area contributed by atoms with Crippen LogP contribution in [0.4, 0.5) is 13.2 Å². The van der Waals surface area contributed by atoms with Crippen LogP contribution in [0.5, 0.6) is 0 Å². The highest BCUT2D eigenvalue weighted by Gasteiger charge is 2.33. The number of benzene rings is 1. The van der Waals surface area contributed by atoms with Gasteiger partial charge < -0.3 is 5.32 Å². The molecular formula is C14H14F3N3OS. The van der Waals surface area contributed by atoms with Crippen molar-refractivity contribution in [3.05, 3.63) is 47.8 Å². The number of halogens is 3. The van der Waals surface area contributed by atoms with Gasteiger partial charge in [0.25, 0.3) is 0 Å². The fourth-order valence-electron chi connectivity index (χ4n) is 1.77. The van der Waals surface area contributed by atoms with E-state index in [1.54, 1.807) is 24.3 Å². The predicted octanol–water partition coefficient (Wildman–Crippen LogP) is 2.87. The number of nitrogens with one attached hydrogen (secondary N) is 1. The SMILES string of the molecule is CSCC(=O)NCc1ccc(-n2ccc(C(F)(F)F)n2)cc1. The smallest absolute Gasteiger partial charge is 0.351 e. The maximum absolute atomic E-state index is 12.5. The summed E-state index contributed by atoms with van der Waals surface area (Å²) in [6, 6.07) is 7.72. The molecular weight excluding hydrogens is 315 g/mol. The number of rotatable bonds is 5. The minimum absolute atomic E-state index is 0.0570. The van der Waals surface area contributed by atoms with Gasteiger partial charge >= 0.3 is 6.18 Å². The molecule has 4 nitrogen and oxygen atoms in total. The lowest BCUT2D eigenvalue weighted by Crippen LogP contribution is -2.24. The minimum atomic E-state index is -4.45. The van der Waals surface area contributed by atoms with E-state index in [1.807, 2.05) is 6.26 Å². The van der Waals surface area contributed by atoms with Crippen LogP contribution in [0, 0.1) is 0 Å². The number of hydrogen-bond acceptors (Lipinski definition) is 3. The van der Waals surface area contributed by atoms with Gasteiger partial charge in [0, 0.05) is 12.7 Å². The van der Waals surface area contributed by atoms with Crippen molar-refractivity contribution in [2.24, 2.45) is 0 Å². The van der Waals surface area contributed by atoms with Crippen LogP contribution in [-0.4, -0.2) is 27.7 Å². The molecule has 2 aromatic rings. The first-order valence-corrected chi connectivity index (χ1v) is 7.77. The normalized spacial score (nSPS) is 11.5. The predicted molar refractivity (Wildman–Crippen MR) is 78.8 cm³/mol. The molecule has 0 atom stereocenters. The number of carbonyl (C=O) groups is 1. The first kappa shape index (κ1) is 16.4. The van der Waals surface area contributed by atoms with E-state index in [0.717, 1.165) is 11.6 Å². The molecule has 22 heavy (non-hydrogen) atoms. The van der Waals surface area contributed by atoms with Crippen LogP contribution in [0.3, 0.4) is 0 Å². The lowest BCUT2D eigenvalue weighted by Gasteiger charge is -2.06. The quantitative estimate of drug-likeness (QED) is 0.917. The molecule has 0 aliphatic rings. The first-order chi connectivity index (χ1) is 10.4. The largest absolute Gasteiger partial charge is 0.435 e. The fourth-order valence-corrected chi connectivity index (χ4v) is 2.13. The number of amides is 1. The van der Waals surface area contributed by atoms with Crippen LogP contribution in [0.1, 0.15) is 11.3 Å². The molecule has 0 saturated carbocycles. The Balaban J connectivity index is 2.03. The third kappa shape index (κ3) is 4.27. The summed E-state index contributed by atoms with van der Waals surface area (Å²) < 4.78 is 38.7. The van der Waals surface area contributed by atoms with Crippen molar-refractivity contribution in [1.29, 1.82) is 0 Å². The van der Waals surface area contributed by atoms with Crippen molar-refractivity contribution < 1.29 is 18.0 Å². The zero-order valence-corrected chi connectivity index (χ0v) is 12.5. The van der Waals surface area contributed by atoms with Crippen molar-refractivity contribution in [3.63, 3.8) is 0 Å². The third-order valence-corrected chi connectivity index (χ3v) is 3.40. The Labute approximate surface area is 129 Å². The van der Waals surface area contributed by atoms with E-state index in [9.17, 15) is 18.0 Å². The maximum atomic E-state index is 12.5. The summed E-state index contributed by atoms with van der Waals surface area (Å²) in [5.74, 6) is 0.337. The van der Waals surface area contributed by atoms with Gasteiger partial charge in [-0.05, 0) is 30.0 Å². The van der Waals surface area contributed by atoms with Crippen LogP contribution >= 0.6 is 11.8 Å². The van der Waals surface area contributed by atoms with Crippen molar-refractivity contribution in [1.82, 2.24) is 15.1 Å². The standard InChI is InChI=1S/C14H14F3N3OS/c1-22-9-13(21)18-8-10-2-4-11(5-3-10)20-7-6-12(19-20)14(15,16)17/h2-7H,8-9H2,1H3,(H,18,21). The van der Waals surface area contributed by atoms with Gasteiger partial charge in [-0.15, -0.1) is 0 Å².